The molecule has 0 spiro atoms. The van der Waals surface area contributed by atoms with E-state index in [2.05, 4.69) is 21.0 Å². The Kier molecular flexibility index (Phi) is 3.36. The van der Waals surface area contributed by atoms with E-state index in [0.29, 0.717) is 0 Å². The van der Waals surface area contributed by atoms with Crippen molar-refractivity contribution >= 4 is 21.6 Å². The number of nitrogens with zero attached hydrogens (tertiary/aromatic N) is 4. The third-order valence-corrected chi connectivity index (χ3v) is 3.96. The zero-order valence-electron chi connectivity index (χ0n) is 10.8. The van der Waals surface area contributed by atoms with Gasteiger partial charge in [-0.25, -0.2) is 4.79 Å². The summed E-state index contributed by atoms with van der Waals surface area (Å²) in [6, 6.07) is 0. The van der Waals surface area contributed by atoms with Gasteiger partial charge in [-0.2, -0.15) is 5.10 Å². The molecule has 0 aromatic carbocycles. The number of nitrogens with two attached hydrogens (primary N) is 1. The Hall–Kier alpha value is -1.83. The fourth-order valence-corrected chi connectivity index (χ4v) is 2.35. The summed E-state index contributed by atoms with van der Waals surface area (Å²) in [6.07, 6.45) is 1.32. The fourth-order valence-electron chi connectivity index (χ4n) is 1.89. The highest BCUT2D eigenvalue weighted by atomic mass is 79.9. The average molecular weight is 328 g/mol. The summed E-state index contributed by atoms with van der Waals surface area (Å²) in [4.78, 5) is 24.0. The lowest BCUT2D eigenvalue weighted by molar-refractivity contribution is 0.600. The highest BCUT2D eigenvalue weighted by Gasteiger charge is 2.15. The van der Waals surface area contributed by atoms with Gasteiger partial charge in [0.05, 0.1) is 22.4 Å². The summed E-state index contributed by atoms with van der Waals surface area (Å²) in [6.45, 7) is 1.96. The molecule has 0 saturated carbocycles. The van der Waals surface area contributed by atoms with E-state index in [1.807, 2.05) is 6.92 Å². The molecule has 0 aliphatic carbocycles. The van der Waals surface area contributed by atoms with Crippen LogP contribution in [0.5, 0.6) is 0 Å². The number of aryl methyl sites for hydroxylation is 3. The van der Waals surface area contributed by atoms with Gasteiger partial charge in [0.1, 0.15) is 5.69 Å². The first-order valence-electron chi connectivity index (χ1n) is 5.57. The van der Waals surface area contributed by atoms with Crippen LogP contribution >= 0.6 is 15.9 Å². The monoisotopic (exact) mass is 327 g/mol. The number of anilines is 1. The molecular weight excluding hydrogens is 314 g/mol. The molecule has 0 unspecified atom stereocenters. The second kappa shape index (κ2) is 4.69. The summed E-state index contributed by atoms with van der Waals surface area (Å²) in [5.41, 5.74) is 6.27. The van der Waals surface area contributed by atoms with Crippen LogP contribution in [0.25, 0.3) is 0 Å². The second-order valence-corrected chi connectivity index (χ2v) is 5.13. The van der Waals surface area contributed by atoms with E-state index in [9.17, 15) is 9.59 Å². The van der Waals surface area contributed by atoms with E-state index in [1.165, 1.54) is 10.8 Å². The predicted molar refractivity (Wildman–Crippen MR) is 75.1 cm³/mol. The van der Waals surface area contributed by atoms with Crippen molar-refractivity contribution in [3.8, 4) is 0 Å². The van der Waals surface area contributed by atoms with Crippen LogP contribution < -0.4 is 17.0 Å². The molecule has 8 heteroatoms. The van der Waals surface area contributed by atoms with E-state index in [-0.39, 0.29) is 12.2 Å². The van der Waals surface area contributed by atoms with Crippen LogP contribution in [0.2, 0.25) is 0 Å². The zero-order valence-corrected chi connectivity index (χ0v) is 12.4. The Balaban J connectivity index is 2.62. The third-order valence-electron chi connectivity index (χ3n) is 2.93. The van der Waals surface area contributed by atoms with E-state index in [1.54, 1.807) is 18.8 Å². The van der Waals surface area contributed by atoms with Crippen molar-refractivity contribution in [3.05, 3.63) is 42.9 Å². The number of rotatable bonds is 2. The molecule has 2 aromatic rings. The van der Waals surface area contributed by atoms with Crippen LogP contribution in [0.4, 0.5) is 5.69 Å². The normalized spacial score (nSPS) is 10.9. The van der Waals surface area contributed by atoms with Crippen LogP contribution in [0.3, 0.4) is 0 Å². The van der Waals surface area contributed by atoms with E-state index in [0.717, 1.165) is 20.4 Å². The maximum Gasteiger partial charge on any atom is 0.331 e. The topological polar surface area (TPSA) is 87.8 Å². The van der Waals surface area contributed by atoms with Crippen LogP contribution in [0.1, 0.15) is 11.4 Å². The molecule has 0 saturated heterocycles. The van der Waals surface area contributed by atoms with Gasteiger partial charge in [-0.15, -0.1) is 0 Å². The molecule has 7 nitrogen and oxygen atoms in total. The van der Waals surface area contributed by atoms with Crippen LogP contribution in [0.15, 0.2) is 20.3 Å². The van der Waals surface area contributed by atoms with Gasteiger partial charge in [0, 0.05) is 20.3 Å². The Morgan fingerprint density at radius 2 is 2.00 bits per heavy atom. The quantitative estimate of drug-likeness (QED) is 0.839. The molecule has 2 heterocycles. The summed E-state index contributed by atoms with van der Waals surface area (Å²) in [5, 5.41) is 4.23. The van der Waals surface area contributed by atoms with E-state index >= 15 is 0 Å². The lowest BCUT2D eigenvalue weighted by Crippen LogP contribution is -2.40. The van der Waals surface area contributed by atoms with Crippen LogP contribution in [-0.2, 0) is 20.6 Å². The molecule has 0 aliphatic heterocycles. The van der Waals surface area contributed by atoms with Gasteiger partial charge in [-0.3, -0.25) is 14.0 Å². The van der Waals surface area contributed by atoms with Crippen molar-refractivity contribution in [2.45, 2.75) is 13.5 Å². The molecule has 2 aromatic heterocycles. The van der Waals surface area contributed by atoms with Crippen molar-refractivity contribution < 1.29 is 0 Å². The minimum Gasteiger partial charge on any atom is -0.393 e. The highest BCUT2D eigenvalue weighted by Crippen LogP contribution is 2.20. The minimum absolute atomic E-state index is 0.0390. The smallest absolute Gasteiger partial charge is 0.331 e. The molecule has 0 bridgehead atoms. The van der Waals surface area contributed by atoms with Gasteiger partial charge >= 0.3 is 5.69 Å². The largest absolute Gasteiger partial charge is 0.393 e. The molecule has 0 amide bonds. The maximum atomic E-state index is 12.0. The van der Waals surface area contributed by atoms with Crippen molar-refractivity contribution in [1.29, 1.82) is 0 Å². The second-order valence-electron chi connectivity index (χ2n) is 4.34. The zero-order chi connectivity index (χ0) is 14.3. The molecule has 2 N–H and O–H groups in total. The van der Waals surface area contributed by atoms with Gasteiger partial charge in [-0.1, -0.05) is 0 Å². The molecule has 0 fully saturated rings. The summed E-state index contributed by atoms with van der Waals surface area (Å²) in [5.74, 6) is 0. The lowest BCUT2D eigenvalue weighted by atomic mass is 10.3. The molecule has 2 rings (SSSR count). The van der Waals surface area contributed by atoms with Crippen molar-refractivity contribution in [3.63, 3.8) is 0 Å². The van der Waals surface area contributed by atoms with Gasteiger partial charge < -0.3 is 10.3 Å². The molecule has 19 heavy (non-hydrogen) atoms. The standard InChI is InChI=1S/C11H14BrN5O2/c1-6-9(12)8(16(3)14-6)5-17-10(18)7(13)4-15(2)11(17)19/h4H,5,13H2,1-3H3. The molecule has 0 radical (unpaired) electrons. The Morgan fingerprint density at radius 3 is 2.53 bits per heavy atom. The molecule has 0 aliphatic rings. The highest BCUT2D eigenvalue weighted by molar-refractivity contribution is 9.10. The van der Waals surface area contributed by atoms with Crippen molar-refractivity contribution in [1.82, 2.24) is 18.9 Å². The number of halogens is 1. The first-order valence-corrected chi connectivity index (χ1v) is 6.36. The fraction of sp³-hybridized carbons (Fsp3) is 0.364. The van der Waals surface area contributed by atoms with Crippen molar-refractivity contribution in [2.24, 2.45) is 14.1 Å². The van der Waals surface area contributed by atoms with E-state index < -0.39 is 11.2 Å². The first-order chi connectivity index (χ1) is 8.82. The van der Waals surface area contributed by atoms with Crippen LogP contribution in [-0.4, -0.2) is 18.9 Å². The predicted octanol–water partition coefficient (Wildman–Crippen LogP) is -0.0181. The third kappa shape index (κ3) is 2.23. The molecule has 102 valence electrons. The summed E-state index contributed by atoms with van der Waals surface area (Å²) >= 11 is 3.41. The van der Waals surface area contributed by atoms with Gasteiger partial charge in [0.15, 0.2) is 0 Å². The van der Waals surface area contributed by atoms with Crippen LogP contribution in [0, 0.1) is 6.92 Å². The average Bonchev–Trinajstić information content (AvgIpc) is 2.58. The number of hydrogen-bond donors (Lipinski definition) is 1. The van der Waals surface area contributed by atoms with Gasteiger partial charge in [-0.05, 0) is 22.9 Å². The first kappa shape index (κ1) is 13.6. The number of hydrogen-bond acceptors (Lipinski definition) is 4. The maximum absolute atomic E-state index is 12.0. The molecular formula is C11H14BrN5O2. The number of aromatic nitrogens is 4. The summed E-state index contributed by atoms with van der Waals surface area (Å²) in [7, 11) is 3.31. The Labute approximate surface area is 117 Å². The SMILES string of the molecule is Cc1nn(C)c(Cn2c(=O)c(N)cn(C)c2=O)c1Br. The van der Waals surface area contributed by atoms with Crippen molar-refractivity contribution in [2.75, 3.05) is 5.73 Å². The number of nitrogen functional groups attached to an aromatic ring is 1. The van der Waals surface area contributed by atoms with Gasteiger partial charge in [0.25, 0.3) is 5.56 Å². The Morgan fingerprint density at radius 1 is 1.37 bits per heavy atom. The Bertz CT molecular complexity index is 721. The van der Waals surface area contributed by atoms with E-state index in [4.69, 9.17) is 5.73 Å². The lowest BCUT2D eigenvalue weighted by Gasteiger charge is -2.09. The minimum atomic E-state index is -0.492. The summed E-state index contributed by atoms with van der Waals surface area (Å²) < 4.78 is 4.80. The van der Waals surface area contributed by atoms with Gasteiger partial charge in [0.2, 0.25) is 0 Å². The molecule has 0 atom stereocenters.